The van der Waals surface area contributed by atoms with E-state index < -0.39 is 85.3 Å². The van der Waals surface area contributed by atoms with Crippen LogP contribution in [0, 0.1) is 21.3 Å². The minimum absolute atomic E-state index is 0.0204. The lowest BCUT2D eigenvalue weighted by Crippen LogP contribution is -2.66. The summed E-state index contributed by atoms with van der Waals surface area (Å²) in [5.41, 5.74) is -0.953. The molecule has 4 aromatic carbocycles. The van der Waals surface area contributed by atoms with Crippen molar-refractivity contribution in [1.29, 1.82) is 0 Å². The topological polar surface area (TPSA) is 118 Å². The molecule has 3 aliphatic rings. The number of carbonyl (C=O) groups is 2. The summed E-state index contributed by atoms with van der Waals surface area (Å²) in [6, 6.07) is 29.2. The van der Waals surface area contributed by atoms with Crippen molar-refractivity contribution in [3.63, 3.8) is 0 Å². The van der Waals surface area contributed by atoms with Crippen LogP contribution in [0.5, 0.6) is 11.5 Å². The van der Waals surface area contributed by atoms with Crippen LogP contribution in [0.1, 0.15) is 62.4 Å². The van der Waals surface area contributed by atoms with E-state index in [-0.39, 0.29) is 49.8 Å². The monoisotopic (exact) mass is 1080 g/mol. The molecule has 9 nitrogen and oxygen atoms in total. The fourth-order valence-electron chi connectivity index (χ4n) is 10.3. The molecule has 69 heavy (non-hydrogen) atoms. The van der Waals surface area contributed by atoms with Crippen molar-refractivity contribution >= 4 is 77.6 Å². The van der Waals surface area contributed by atoms with Gasteiger partial charge in [0.05, 0.1) is 57.7 Å². The normalized spacial score (nSPS) is 20.3. The lowest BCUT2D eigenvalue weighted by Gasteiger charge is -2.46. The summed E-state index contributed by atoms with van der Waals surface area (Å²) in [6.07, 6.45) is -7.66. The Morgan fingerprint density at radius 1 is 0.870 bits per heavy atom. The van der Waals surface area contributed by atoms with E-state index >= 15 is 0 Å². The number of carbonyl (C=O) groups excluding carboxylic acids is 2. The highest BCUT2D eigenvalue weighted by Gasteiger charge is 2.59. The molecule has 2 aliphatic heterocycles. The Kier molecular flexibility index (Phi) is 14.2. The summed E-state index contributed by atoms with van der Waals surface area (Å²) >= 11 is 2.00. The number of fused-ring (bicyclic) bond motifs is 3. The number of methoxy groups -OCH3 is 1. The summed E-state index contributed by atoms with van der Waals surface area (Å²) in [5.74, 6) is -5.07. The van der Waals surface area contributed by atoms with Gasteiger partial charge < -0.3 is 23.9 Å². The molecule has 0 saturated carbocycles. The second-order valence-electron chi connectivity index (χ2n) is 18.5. The first-order valence-corrected chi connectivity index (χ1v) is 25.3. The van der Waals surface area contributed by atoms with Crippen molar-refractivity contribution in [2.24, 2.45) is 17.8 Å². The first-order valence-electron chi connectivity index (χ1n) is 22.3. The van der Waals surface area contributed by atoms with E-state index in [1.807, 2.05) is 101 Å². The first-order chi connectivity index (χ1) is 32.6. The van der Waals surface area contributed by atoms with Crippen molar-refractivity contribution in [2.45, 2.75) is 69.8 Å². The summed E-state index contributed by atoms with van der Waals surface area (Å²) in [7, 11) is -3.31. The maximum Gasteiger partial charge on any atom is 0.455 e. The van der Waals surface area contributed by atoms with Gasteiger partial charge in [-0.1, -0.05) is 87.5 Å². The minimum Gasteiger partial charge on any atom is -0.504 e. The predicted octanol–water partition coefficient (Wildman–Crippen LogP) is 10.3. The molecule has 1 aliphatic carbocycles. The Labute approximate surface area is 410 Å². The van der Waals surface area contributed by atoms with Gasteiger partial charge in [0, 0.05) is 6.20 Å². The molecule has 5 aromatic rings. The van der Waals surface area contributed by atoms with Crippen molar-refractivity contribution in [3.8, 4) is 11.5 Å². The largest absolute Gasteiger partial charge is 0.504 e. The minimum atomic E-state index is -5.23. The zero-order valence-electron chi connectivity index (χ0n) is 37.9. The van der Waals surface area contributed by atoms with E-state index in [9.17, 15) is 46.1 Å². The fourth-order valence-corrected chi connectivity index (χ4v) is 15.5. The van der Waals surface area contributed by atoms with Gasteiger partial charge in [-0.05, 0) is 140 Å². The highest BCUT2D eigenvalue weighted by molar-refractivity contribution is 14.1. The Hall–Kier alpha value is -5.28. The molecule has 0 bridgehead atoms. The number of halogens is 7. The average Bonchev–Trinajstić information content (AvgIpc) is 3.56. The first kappa shape index (κ1) is 50.1. The second kappa shape index (κ2) is 19.5. The van der Waals surface area contributed by atoms with E-state index in [0.29, 0.717) is 43.0 Å². The zero-order valence-corrected chi connectivity index (χ0v) is 41.1. The lowest BCUT2D eigenvalue weighted by atomic mass is 9.58. The number of amides is 2. The fraction of sp³-hybridized carbons (Fsp3) is 0.314. The molecule has 0 spiro atoms. The molecular weight excluding hydrogens is 1030 g/mol. The number of alkyl halides is 6. The lowest BCUT2D eigenvalue weighted by molar-refractivity contribution is -0.143. The molecule has 2 fully saturated rings. The number of hydrogen-bond acceptors (Lipinski definition) is 8. The number of benzene rings is 4. The molecule has 18 heteroatoms. The van der Waals surface area contributed by atoms with Crippen molar-refractivity contribution in [1.82, 2.24) is 4.98 Å². The number of anilines is 1. The molecule has 2 N–H and O–H groups in total. The van der Waals surface area contributed by atoms with Gasteiger partial charge in [0.25, 0.3) is 8.32 Å². The molecule has 0 unspecified atom stereocenters. The SMILES string of the molecule is COc1cc(/C=C(/CC[C@H]2OB(O)C[C@H]3C2=C(CO[Si](c2ccccc2)(c2ccccc2)C(C)(C)C)C[C@H]2C(=O)N(c4cc(C(F)(F)F)cc(C(F)(F)F)c4)C(=O)[C@H]23)c2ccccn2)cc(I)c1O. The number of imide groups is 1. The van der Waals surface area contributed by atoms with Crippen molar-refractivity contribution in [2.75, 3.05) is 18.6 Å². The van der Waals surface area contributed by atoms with Gasteiger partial charge in [-0.15, -0.1) is 0 Å². The third-order valence-corrected chi connectivity index (χ3v) is 19.1. The van der Waals surface area contributed by atoms with Gasteiger partial charge in [-0.25, -0.2) is 4.90 Å². The van der Waals surface area contributed by atoms with Crippen LogP contribution < -0.4 is 20.0 Å². The Bertz CT molecular complexity index is 2720. The van der Waals surface area contributed by atoms with Crippen LogP contribution in [0.2, 0.25) is 11.4 Å². The number of nitrogens with zero attached hydrogens (tertiary/aromatic N) is 2. The number of aromatic hydroxyl groups is 1. The number of pyridine rings is 1. The number of ether oxygens (including phenoxy) is 1. The summed E-state index contributed by atoms with van der Waals surface area (Å²) in [5, 5.41) is 23.5. The maximum atomic E-state index is 14.8. The van der Waals surface area contributed by atoms with Crippen LogP contribution in [0.25, 0.3) is 11.6 Å². The van der Waals surface area contributed by atoms with Crippen LogP contribution >= 0.6 is 22.6 Å². The molecule has 8 rings (SSSR count). The van der Waals surface area contributed by atoms with Crippen LogP contribution in [-0.2, 0) is 31.0 Å². The molecular formula is C51H48BF6IN2O7Si. The van der Waals surface area contributed by atoms with E-state index in [1.165, 1.54) is 7.11 Å². The van der Waals surface area contributed by atoms with Gasteiger partial charge in [0.15, 0.2) is 11.5 Å². The molecule has 2 saturated heterocycles. The van der Waals surface area contributed by atoms with E-state index in [2.05, 4.69) is 25.8 Å². The van der Waals surface area contributed by atoms with E-state index in [0.717, 1.165) is 15.9 Å². The third kappa shape index (κ3) is 9.92. The quantitative estimate of drug-likeness (QED) is 0.0417. The molecule has 360 valence electrons. The zero-order chi connectivity index (χ0) is 49.6. The number of allylic oxidation sites excluding steroid dienone is 1. The second-order valence-corrected chi connectivity index (χ2v) is 24.0. The molecule has 1 aromatic heterocycles. The highest BCUT2D eigenvalue weighted by atomic mass is 127. The smallest absolute Gasteiger partial charge is 0.455 e. The van der Waals surface area contributed by atoms with Gasteiger partial charge in [0.2, 0.25) is 11.8 Å². The summed E-state index contributed by atoms with van der Waals surface area (Å²) < 4.78 is 105. The summed E-state index contributed by atoms with van der Waals surface area (Å²) in [6.45, 7) is 6.21. The highest BCUT2D eigenvalue weighted by Crippen LogP contribution is 2.53. The Morgan fingerprint density at radius 3 is 2.03 bits per heavy atom. The standard InChI is InChI=1S/C51H48BF6IN2O7Si/c1-49(2,3)69(36-13-7-5-8-14-36,37-15-9-6-10-16-37)67-29-32-24-38-45(48(64)61(47(38)63)35-26-33(50(53,54)55)25-34(27-35)51(56,57)58)39-28-52(65)68-42(44(32)39)19-18-31(41-17-11-12-20-60-41)21-30-22-40(59)46(62)43(23-30)66-4/h5-17,20-23,25-27,38-39,42,45,62,65H,18-19,24,28-29H2,1-4H3/b31-21-/t38-,39+,42-,45-/m1/s1. The van der Waals surface area contributed by atoms with Crippen LogP contribution in [-0.4, -0.2) is 62.2 Å². The number of phenolic OH excluding ortho intramolecular Hbond substituents is 1. The summed E-state index contributed by atoms with van der Waals surface area (Å²) in [4.78, 5) is 34.5. The van der Waals surface area contributed by atoms with E-state index in [1.54, 1.807) is 24.4 Å². The number of aromatic nitrogens is 1. The van der Waals surface area contributed by atoms with Crippen molar-refractivity contribution < 1.29 is 59.9 Å². The molecule has 3 heterocycles. The van der Waals surface area contributed by atoms with Gasteiger partial charge >= 0.3 is 19.5 Å². The van der Waals surface area contributed by atoms with Crippen LogP contribution in [0.4, 0.5) is 32.0 Å². The number of hydrogen-bond donors (Lipinski definition) is 2. The average molecular weight is 1080 g/mol. The van der Waals surface area contributed by atoms with Crippen LogP contribution in [0.15, 0.2) is 127 Å². The number of phenols is 1. The van der Waals surface area contributed by atoms with Crippen LogP contribution in [0.3, 0.4) is 0 Å². The third-order valence-electron chi connectivity index (χ3n) is 13.3. The maximum absolute atomic E-state index is 14.8. The Morgan fingerprint density at radius 2 is 1.48 bits per heavy atom. The molecule has 0 radical (unpaired) electrons. The van der Waals surface area contributed by atoms with Gasteiger partial charge in [-0.3, -0.25) is 14.6 Å². The van der Waals surface area contributed by atoms with Gasteiger partial charge in [0.1, 0.15) is 0 Å². The molecule has 2 amide bonds. The molecule has 4 atom stereocenters. The number of rotatable bonds is 12. The van der Waals surface area contributed by atoms with Gasteiger partial charge in [-0.2, -0.15) is 26.3 Å². The predicted molar refractivity (Wildman–Crippen MR) is 261 cm³/mol. The Balaban J connectivity index is 1.26. The van der Waals surface area contributed by atoms with Crippen molar-refractivity contribution in [3.05, 3.63) is 152 Å². The van der Waals surface area contributed by atoms with E-state index in [4.69, 9.17) is 13.8 Å².